The first kappa shape index (κ1) is 11.5. The summed E-state index contributed by atoms with van der Waals surface area (Å²) >= 11 is 5.16. The van der Waals surface area contributed by atoms with E-state index >= 15 is 0 Å². The van der Waals surface area contributed by atoms with Crippen LogP contribution in [0.2, 0.25) is 0 Å². The van der Waals surface area contributed by atoms with Crippen molar-refractivity contribution in [2.45, 2.75) is 0 Å². The summed E-state index contributed by atoms with van der Waals surface area (Å²) < 4.78 is 0. The van der Waals surface area contributed by atoms with Crippen molar-refractivity contribution in [3.8, 4) is 0 Å². The number of nitrogens with zero attached hydrogens (tertiary/aromatic N) is 1. The van der Waals surface area contributed by atoms with E-state index in [0.29, 0.717) is 0 Å². The normalized spacial score (nSPS) is 7.38. The molecule has 0 unspecified atom stereocenters. The number of rotatable bonds is 1. The summed E-state index contributed by atoms with van der Waals surface area (Å²) in [5, 5.41) is 0. The van der Waals surface area contributed by atoms with Crippen molar-refractivity contribution in [1.29, 1.82) is 0 Å². The molecule has 0 radical (unpaired) electrons. The van der Waals surface area contributed by atoms with Crippen LogP contribution in [0.5, 0.6) is 0 Å². The van der Waals surface area contributed by atoms with Gasteiger partial charge >= 0.3 is 29.6 Å². The summed E-state index contributed by atoms with van der Waals surface area (Å²) in [6.07, 6.45) is 0. The Morgan fingerprint density at radius 1 is 1.75 bits per heavy atom. The smallest absolute Gasteiger partial charge is 1.00 e. The Bertz CT molecular complexity index is 81.0. The molecule has 0 N–H and O–H groups in total. The molecule has 2 nitrogen and oxygen atoms in total. The summed E-state index contributed by atoms with van der Waals surface area (Å²) in [5.41, 5.74) is 0. The maximum atomic E-state index is 10.3. The minimum Gasteiger partial charge on any atom is -1.00 e. The molecule has 0 rings (SSSR count). The van der Waals surface area contributed by atoms with Crippen LogP contribution < -0.4 is 29.6 Å². The number of alkyl halides is 1. The Morgan fingerprint density at radius 3 is 2.12 bits per heavy atom. The van der Waals surface area contributed by atoms with E-state index in [-0.39, 0.29) is 42.8 Å². The van der Waals surface area contributed by atoms with Gasteiger partial charge in [0.25, 0.3) is 0 Å². The van der Waals surface area contributed by atoms with Crippen LogP contribution in [0.25, 0.3) is 0 Å². The quantitative estimate of drug-likeness (QED) is 0.294. The number of hydrogen-bond donors (Lipinski definition) is 0. The molecule has 8 heavy (non-hydrogen) atoms. The van der Waals surface area contributed by atoms with E-state index in [1.165, 1.54) is 4.90 Å². The van der Waals surface area contributed by atoms with E-state index in [1.807, 2.05) is 0 Å². The van der Waals surface area contributed by atoms with Crippen LogP contribution >= 0.6 is 11.6 Å². The molecule has 0 bridgehead atoms. The van der Waals surface area contributed by atoms with E-state index < -0.39 is 0 Å². The predicted molar refractivity (Wildman–Crippen MR) is 30.5 cm³/mol. The van der Waals surface area contributed by atoms with Gasteiger partial charge in [-0.1, -0.05) is 0 Å². The second-order valence-electron chi connectivity index (χ2n) is 1.42. The van der Waals surface area contributed by atoms with Crippen molar-refractivity contribution >= 4 is 17.5 Å². The predicted octanol–water partition coefficient (Wildman–Crippen LogP) is -2.57. The van der Waals surface area contributed by atoms with E-state index in [9.17, 15) is 4.79 Å². The van der Waals surface area contributed by atoms with Crippen molar-refractivity contribution in [3.05, 3.63) is 0 Å². The van der Waals surface area contributed by atoms with Gasteiger partial charge in [-0.3, -0.25) is 4.79 Å². The molecule has 0 saturated carbocycles. The van der Waals surface area contributed by atoms with Gasteiger partial charge in [0.15, 0.2) is 0 Å². The molecule has 44 valence electrons. The van der Waals surface area contributed by atoms with Gasteiger partial charge in [0.1, 0.15) is 5.88 Å². The van der Waals surface area contributed by atoms with Crippen LogP contribution in [0.1, 0.15) is 1.43 Å². The molecule has 0 saturated heterocycles. The molecular formula is C4H9ClNNaO. The standard InChI is InChI=1S/C4H8ClNO.Na.H/c1-6(2)4(7)3-5;;/h3H2,1-2H3;;/q;+1;-1. The first-order valence-corrected chi connectivity index (χ1v) is 2.48. The monoisotopic (exact) mass is 145 g/mol. The Kier molecular flexibility index (Phi) is 8.50. The fourth-order valence-corrected chi connectivity index (χ4v) is 0.359. The molecule has 0 heterocycles. The summed E-state index contributed by atoms with van der Waals surface area (Å²) in [6, 6.07) is 0. The zero-order valence-corrected chi connectivity index (χ0v) is 8.20. The second kappa shape index (κ2) is 5.89. The topological polar surface area (TPSA) is 20.3 Å². The van der Waals surface area contributed by atoms with Crippen LogP contribution in [0.15, 0.2) is 0 Å². The number of halogens is 1. The fourth-order valence-electron chi connectivity index (χ4n) is 0.120. The van der Waals surface area contributed by atoms with E-state index in [4.69, 9.17) is 11.6 Å². The third-order valence-corrected chi connectivity index (χ3v) is 0.842. The average Bonchev–Trinajstić information content (AvgIpc) is 1.65. The van der Waals surface area contributed by atoms with Gasteiger partial charge in [0.2, 0.25) is 5.91 Å². The van der Waals surface area contributed by atoms with Crippen molar-refractivity contribution < 1.29 is 35.8 Å². The Hall–Kier alpha value is 0.760. The van der Waals surface area contributed by atoms with Crippen molar-refractivity contribution in [2.75, 3.05) is 20.0 Å². The number of hydrogen-bond acceptors (Lipinski definition) is 1. The van der Waals surface area contributed by atoms with Crippen LogP contribution in [0.3, 0.4) is 0 Å². The Morgan fingerprint density at radius 2 is 2.12 bits per heavy atom. The van der Waals surface area contributed by atoms with E-state index in [0.717, 1.165) is 0 Å². The van der Waals surface area contributed by atoms with Gasteiger partial charge in [-0.15, -0.1) is 11.6 Å². The average molecular weight is 146 g/mol. The van der Waals surface area contributed by atoms with E-state index in [2.05, 4.69) is 0 Å². The molecule has 0 atom stereocenters. The molecule has 1 amide bonds. The maximum absolute atomic E-state index is 10.3. The van der Waals surface area contributed by atoms with Crippen molar-refractivity contribution in [2.24, 2.45) is 0 Å². The Balaban J connectivity index is -0.000000180. The maximum Gasteiger partial charge on any atom is 1.00 e. The molecular weight excluding hydrogens is 136 g/mol. The van der Waals surface area contributed by atoms with Gasteiger partial charge in [0.05, 0.1) is 0 Å². The van der Waals surface area contributed by atoms with Crippen LogP contribution in [0, 0.1) is 0 Å². The van der Waals surface area contributed by atoms with Gasteiger partial charge in [-0.05, 0) is 0 Å². The van der Waals surface area contributed by atoms with Crippen LogP contribution in [-0.4, -0.2) is 30.8 Å². The number of carbonyl (C=O) groups is 1. The van der Waals surface area contributed by atoms with Gasteiger partial charge in [0, 0.05) is 14.1 Å². The zero-order chi connectivity index (χ0) is 5.86. The molecule has 0 spiro atoms. The van der Waals surface area contributed by atoms with Gasteiger partial charge in [-0.2, -0.15) is 0 Å². The zero-order valence-electron chi connectivity index (χ0n) is 6.44. The molecule has 4 heteroatoms. The molecule has 0 aromatic heterocycles. The molecule has 0 fully saturated rings. The Labute approximate surface area is 78.0 Å². The summed E-state index contributed by atoms with van der Waals surface area (Å²) in [5.74, 6) is 0.0224. The minimum atomic E-state index is -0.0540. The van der Waals surface area contributed by atoms with Crippen LogP contribution in [0.4, 0.5) is 0 Å². The van der Waals surface area contributed by atoms with Gasteiger partial charge in [-0.25, -0.2) is 0 Å². The first-order valence-electron chi connectivity index (χ1n) is 1.94. The molecule has 0 aromatic carbocycles. The van der Waals surface area contributed by atoms with E-state index in [1.54, 1.807) is 14.1 Å². The first-order chi connectivity index (χ1) is 3.18. The number of carbonyl (C=O) groups excluding carboxylic acids is 1. The molecule has 0 aliphatic carbocycles. The SMILES string of the molecule is CN(C)C(=O)CCl.[H-].[Na+]. The molecule has 0 aliphatic heterocycles. The van der Waals surface area contributed by atoms with Gasteiger partial charge < -0.3 is 6.33 Å². The third-order valence-electron chi connectivity index (χ3n) is 0.613. The summed E-state index contributed by atoms with van der Waals surface area (Å²) in [4.78, 5) is 11.8. The number of amides is 1. The minimum absolute atomic E-state index is 0. The fraction of sp³-hybridized carbons (Fsp3) is 0.750. The summed E-state index contributed by atoms with van der Waals surface area (Å²) in [6.45, 7) is 0. The molecule has 0 aromatic rings. The summed E-state index contributed by atoms with van der Waals surface area (Å²) in [7, 11) is 3.34. The van der Waals surface area contributed by atoms with Crippen molar-refractivity contribution in [1.82, 2.24) is 4.90 Å². The third kappa shape index (κ3) is 4.91. The largest absolute Gasteiger partial charge is 1.00 e. The second-order valence-corrected chi connectivity index (χ2v) is 1.69. The molecule has 0 aliphatic rings. The van der Waals surface area contributed by atoms with Crippen molar-refractivity contribution in [3.63, 3.8) is 0 Å². The van der Waals surface area contributed by atoms with Crippen LogP contribution in [-0.2, 0) is 4.79 Å².